The van der Waals surface area contributed by atoms with Crippen LogP contribution in [-0.2, 0) is 6.42 Å². The minimum absolute atomic E-state index is 0.0370. The van der Waals surface area contributed by atoms with Gasteiger partial charge in [-0.3, -0.25) is 9.59 Å². The summed E-state index contributed by atoms with van der Waals surface area (Å²) in [4.78, 5) is 25.2. The minimum atomic E-state index is -0.432. The highest BCUT2D eigenvalue weighted by Gasteiger charge is 2.18. The average Bonchev–Trinajstić information content (AvgIpc) is 2.79. The predicted octanol–water partition coefficient (Wildman–Crippen LogP) is 2.54. The fourth-order valence-corrected chi connectivity index (χ4v) is 3.06. The third-order valence-electron chi connectivity index (χ3n) is 4.76. The first kappa shape index (κ1) is 21.9. The number of aryl methyl sites for hydroxylation is 1. The summed E-state index contributed by atoms with van der Waals surface area (Å²) in [5.74, 6) is 0.956. The van der Waals surface area contributed by atoms with Crippen molar-refractivity contribution in [3.8, 4) is 22.9 Å². The Labute approximate surface area is 180 Å². The Kier molecular flexibility index (Phi) is 6.92. The summed E-state index contributed by atoms with van der Waals surface area (Å²) in [6.45, 7) is 2.31. The number of nitrogens with one attached hydrogen (secondary N) is 1. The fraction of sp³-hybridized carbons (Fsp3) is 0.261. The Morgan fingerprint density at radius 2 is 1.61 bits per heavy atom. The lowest BCUT2D eigenvalue weighted by molar-refractivity contribution is 0.0943. The van der Waals surface area contributed by atoms with E-state index in [0.29, 0.717) is 30.2 Å². The molecule has 1 amide bonds. The largest absolute Gasteiger partial charge is 0.494 e. The highest BCUT2D eigenvalue weighted by molar-refractivity contribution is 5.94. The molecule has 0 spiro atoms. The first-order chi connectivity index (χ1) is 15.0. The summed E-state index contributed by atoms with van der Waals surface area (Å²) in [7, 11) is 4.55. The summed E-state index contributed by atoms with van der Waals surface area (Å²) >= 11 is 0. The average molecular weight is 423 g/mol. The summed E-state index contributed by atoms with van der Waals surface area (Å²) in [6, 6.07) is 14.1. The molecule has 3 rings (SSSR count). The number of benzene rings is 2. The highest BCUT2D eigenvalue weighted by atomic mass is 16.5. The van der Waals surface area contributed by atoms with Crippen LogP contribution in [0, 0.1) is 6.92 Å². The molecule has 1 aromatic heterocycles. The lowest BCUT2D eigenvalue weighted by Gasteiger charge is -2.12. The van der Waals surface area contributed by atoms with E-state index in [-0.39, 0.29) is 17.0 Å². The van der Waals surface area contributed by atoms with Gasteiger partial charge in [0.25, 0.3) is 11.5 Å². The van der Waals surface area contributed by atoms with Crippen molar-refractivity contribution in [3.63, 3.8) is 0 Å². The lowest BCUT2D eigenvalue weighted by Crippen LogP contribution is -2.31. The van der Waals surface area contributed by atoms with Gasteiger partial charge in [-0.2, -0.15) is 9.78 Å². The molecule has 162 valence electrons. The van der Waals surface area contributed by atoms with Gasteiger partial charge in [-0.1, -0.05) is 23.8 Å². The number of carbonyl (C=O) groups is 1. The second-order valence-electron chi connectivity index (χ2n) is 6.84. The van der Waals surface area contributed by atoms with E-state index in [1.807, 2.05) is 37.3 Å². The Balaban J connectivity index is 1.77. The second kappa shape index (κ2) is 9.80. The van der Waals surface area contributed by atoms with Crippen molar-refractivity contribution < 1.29 is 19.0 Å². The maximum Gasteiger partial charge on any atom is 0.275 e. The molecule has 0 fully saturated rings. The third-order valence-corrected chi connectivity index (χ3v) is 4.76. The summed E-state index contributed by atoms with van der Waals surface area (Å²) < 4.78 is 16.9. The van der Waals surface area contributed by atoms with Gasteiger partial charge >= 0.3 is 0 Å². The van der Waals surface area contributed by atoms with E-state index in [2.05, 4.69) is 10.4 Å². The van der Waals surface area contributed by atoms with Gasteiger partial charge in [0.2, 0.25) is 0 Å². The molecule has 1 heterocycles. The van der Waals surface area contributed by atoms with E-state index >= 15 is 0 Å². The molecule has 0 unspecified atom stereocenters. The number of nitrogens with zero attached hydrogens (tertiary/aromatic N) is 2. The quantitative estimate of drug-likeness (QED) is 0.599. The number of rotatable bonds is 8. The van der Waals surface area contributed by atoms with Crippen LogP contribution in [0.2, 0.25) is 0 Å². The smallest absolute Gasteiger partial charge is 0.275 e. The first-order valence-corrected chi connectivity index (χ1v) is 9.71. The van der Waals surface area contributed by atoms with Crippen molar-refractivity contribution in [1.82, 2.24) is 15.1 Å². The van der Waals surface area contributed by atoms with E-state index < -0.39 is 5.91 Å². The van der Waals surface area contributed by atoms with Gasteiger partial charge in [-0.15, -0.1) is 0 Å². The van der Waals surface area contributed by atoms with Crippen molar-refractivity contribution in [1.29, 1.82) is 0 Å². The second-order valence-corrected chi connectivity index (χ2v) is 6.84. The van der Waals surface area contributed by atoms with Crippen LogP contribution >= 0.6 is 0 Å². The molecule has 3 aromatic rings. The molecule has 0 aliphatic heterocycles. The fourth-order valence-electron chi connectivity index (χ4n) is 3.06. The van der Waals surface area contributed by atoms with Crippen LogP contribution < -0.4 is 25.1 Å². The maximum atomic E-state index is 12.8. The Bertz CT molecular complexity index is 1120. The van der Waals surface area contributed by atoms with Gasteiger partial charge < -0.3 is 19.5 Å². The van der Waals surface area contributed by atoms with E-state index in [0.717, 1.165) is 11.1 Å². The van der Waals surface area contributed by atoms with Gasteiger partial charge in [0.15, 0.2) is 22.9 Å². The lowest BCUT2D eigenvalue weighted by atomic mass is 10.1. The first-order valence-electron chi connectivity index (χ1n) is 9.71. The Morgan fingerprint density at radius 1 is 0.935 bits per heavy atom. The van der Waals surface area contributed by atoms with Crippen LogP contribution in [0.15, 0.2) is 53.3 Å². The number of ether oxygens (including phenoxy) is 3. The van der Waals surface area contributed by atoms with Gasteiger partial charge in [-0.05, 0) is 43.2 Å². The predicted molar refractivity (Wildman–Crippen MR) is 117 cm³/mol. The number of aromatic nitrogens is 2. The van der Waals surface area contributed by atoms with E-state index in [1.54, 1.807) is 26.4 Å². The van der Waals surface area contributed by atoms with Gasteiger partial charge in [-0.25, -0.2) is 0 Å². The van der Waals surface area contributed by atoms with Crippen LogP contribution in [-0.4, -0.2) is 43.6 Å². The normalized spacial score (nSPS) is 10.5. The van der Waals surface area contributed by atoms with E-state index in [1.165, 1.54) is 17.9 Å². The van der Waals surface area contributed by atoms with Crippen molar-refractivity contribution in [3.05, 3.63) is 75.7 Å². The number of amides is 1. The molecule has 8 heteroatoms. The van der Waals surface area contributed by atoms with Crippen molar-refractivity contribution in [2.45, 2.75) is 13.3 Å². The van der Waals surface area contributed by atoms with Crippen molar-refractivity contribution in [2.24, 2.45) is 0 Å². The van der Waals surface area contributed by atoms with E-state index in [4.69, 9.17) is 14.2 Å². The van der Waals surface area contributed by atoms with Crippen LogP contribution in [0.5, 0.6) is 17.2 Å². The summed E-state index contributed by atoms with van der Waals surface area (Å²) in [5.41, 5.74) is 2.25. The van der Waals surface area contributed by atoms with Crippen LogP contribution in [0.4, 0.5) is 0 Å². The van der Waals surface area contributed by atoms with Crippen molar-refractivity contribution in [2.75, 3.05) is 27.9 Å². The molecule has 8 nitrogen and oxygen atoms in total. The molecule has 0 atom stereocenters. The molecule has 0 aliphatic carbocycles. The molecule has 0 aliphatic rings. The van der Waals surface area contributed by atoms with Crippen molar-refractivity contribution >= 4 is 5.91 Å². The SMILES string of the molecule is COc1ccc(CCNC(=O)c2nn(-c3ccc(C)cc3)c(=O)cc2OC)cc1OC. The molecule has 0 radical (unpaired) electrons. The molecule has 0 saturated heterocycles. The minimum Gasteiger partial charge on any atom is -0.494 e. The number of methoxy groups -OCH3 is 3. The zero-order valence-corrected chi connectivity index (χ0v) is 18.0. The topological polar surface area (TPSA) is 91.7 Å². The van der Waals surface area contributed by atoms with E-state index in [9.17, 15) is 9.59 Å². The van der Waals surface area contributed by atoms with Crippen LogP contribution in [0.25, 0.3) is 5.69 Å². The molecule has 31 heavy (non-hydrogen) atoms. The zero-order chi connectivity index (χ0) is 22.4. The highest BCUT2D eigenvalue weighted by Crippen LogP contribution is 2.27. The zero-order valence-electron chi connectivity index (χ0n) is 18.0. The van der Waals surface area contributed by atoms with Crippen LogP contribution in [0.1, 0.15) is 21.6 Å². The van der Waals surface area contributed by atoms with Gasteiger partial charge in [0.1, 0.15) is 0 Å². The standard InChI is InChI=1S/C23H25N3O5/c1-15-5-8-17(9-6-15)26-21(27)14-20(31-4)22(25-26)23(28)24-12-11-16-7-10-18(29-2)19(13-16)30-3/h5-10,13-14H,11-12H2,1-4H3,(H,24,28). The number of hydrogen-bond donors (Lipinski definition) is 1. The Morgan fingerprint density at radius 3 is 2.26 bits per heavy atom. The number of carbonyl (C=O) groups excluding carboxylic acids is 1. The van der Waals surface area contributed by atoms with Gasteiger partial charge in [0, 0.05) is 6.54 Å². The summed E-state index contributed by atoms with van der Waals surface area (Å²) in [6.07, 6.45) is 0.575. The molecule has 0 bridgehead atoms. The molecule has 0 saturated carbocycles. The third kappa shape index (κ3) is 5.03. The maximum absolute atomic E-state index is 12.8. The number of hydrogen-bond acceptors (Lipinski definition) is 6. The molecule has 2 aromatic carbocycles. The molecular weight excluding hydrogens is 398 g/mol. The monoisotopic (exact) mass is 423 g/mol. The Hall–Kier alpha value is -3.81. The molecular formula is C23H25N3O5. The molecule has 1 N–H and O–H groups in total. The van der Waals surface area contributed by atoms with Crippen LogP contribution in [0.3, 0.4) is 0 Å². The summed E-state index contributed by atoms with van der Waals surface area (Å²) in [5, 5.41) is 7.08. The van der Waals surface area contributed by atoms with Gasteiger partial charge in [0.05, 0.1) is 33.1 Å².